The van der Waals surface area contributed by atoms with Crippen molar-refractivity contribution in [2.24, 2.45) is 0 Å². The first-order chi connectivity index (χ1) is 9.25. The van der Waals surface area contributed by atoms with Crippen LogP contribution in [-0.4, -0.2) is 71.8 Å². The molecule has 1 saturated carbocycles. The van der Waals surface area contributed by atoms with Crippen LogP contribution in [0.25, 0.3) is 0 Å². The molecule has 2 aliphatic heterocycles. The summed E-state index contributed by atoms with van der Waals surface area (Å²) in [7, 11) is 0. The lowest BCUT2D eigenvalue weighted by Crippen LogP contribution is -2.57. The lowest BCUT2D eigenvalue weighted by atomic mass is 10.1. The Morgan fingerprint density at radius 3 is 2.63 bits per heavy atom. The van der Waals surface area contributed by atoms with Crippen LogP contribution in [0.15, 0.2) is 0 Å². The Balaban J connectivity index is 1.67. The van der Waals surface area contributed by atoms with Crippen molar-refractivity contribution in [2.45, 2.75) is 50.3 Å². The van der Waals surface area contributed by atoms with Crippen molar-refractivity contribution in [1.82, 2.24) is 9.80 Å². The molecule has 1 amide bonds. The SMILES string of the molecule is O=C([C@@H]1COCCN1C1CCCC1)N1CC[C@H](O)C1. The molecule has 5 nitrogen and oxygen atoms in total. The third kappa shape index (κ3) is 2.78. The van der Waals surface area contributed by atoms with Gasteiger partial charge in [0.1, 0.15) is 6.04 Å². The molecule has 2 atom stereocenters. The maximum Gasteiger partial charge on any atom is 0.242 e. The summed E-state index contributed by atoms with van der Waals surface area (Å²) in [5.74, 6) is 0.156. The third-order valence-electron chi connectivity index (χ3n) is 4.72. The number of ether oxygens (including phenoxy) is 1. The van der Waals surface area contributed by atoms with Gasteiger partial charge in [0.05, 0.1) is 19.3 Å². The molecule has 3 aliphatic rings. The summed E-state index contributed by atoms with van der Waals surface area (Å²) in [6.45, 7) is 3.31. The third-order valence-corrected chi connectivity index (χ3v) is 4.72. The largest absolute Gasteiger partial charge is 0.391 e. The van der Waals surface area contributed by atoms with Gasteiger partial charge >= 0.3 is 0 Å². The predicted octanol–water partition coefficient (Wildman–Crippen LogP) is 0.223. The van der Waals surface area contributed by atoms with E-state index in [1.807, 2.05) is 4.90 Å². The van der Waals surface area contributed by atoms with Crippen molar-refractivity contribution in [1.29, 1.82) is 0 Å². The van der Waals surface area contributed by atoms with Gasteiger partial charge in [-0.1, -0.05) is 12.8 Å². The number of morpholine rings is 1. The van der Waals surface area contributed by atoms with E-state index < -0.39 is 0 Å². The Morgan fingerprint density at radius 2 is 1.95 bits per heavy atom. The summed E-state index contributed by atoms with van der Waals surface area (Å²) < 4.78 is 5.53. The number of likely N-dealkylation sites (tertiary alicyclic amines) is 1. The number of carbonyl (C=O) groups is 1. The van der Waals surface area contributed by atoms with E-state index >= 15 is 0 Å². The molecule has 0 aromatic rings. The highest BCUT2D eigenvalue weighted by Gasteiger charge is 2.38. The van der Waals surface area contributed by atoms with Crippen LogP contribution in [0.4, 0.5) is 0 Å². The van der Waals surface area contributed by atoms with E-state index in [1.54, 1.807) is 0 Å². The number of β-amino-alcohol motifs (C(OH)–C–C–N with tert-alkyl or cyclic N) is 1. The van der Waals surface area contributed by atoms with Crippen LogP contribution in [-0.2, 0) is 9.53 Å². The van der Waals surface area contributed by atoms with Crippen molar-refractivity contribution in [2.75, 3.05) is 32.8 Å². The molecule has 0 aromatic heterocycles. The first-order valence-electron chi connectivity index (χ1n) is 7.56. The van der Waals surface area contributed by atoms with Crippen molar-refractivity contribution >= 4 is 5.91 Å². The quantitative estimate of drug-likeness (QED) is 0.778. The van der Waals surface area contributed by atoms with E-state index in [9.17, 15) is 9.90 Å². The summed E-state index contributed by atoms with van der Waals surface area (Å²) in [6.07, 6.45) is 5.37. The molecule has 0 spiro atoms. The first-order valence-corrected chi connectivity index (χ1v) is 7.56. The maximum absolute atomic E-state index is 12.6. The van der Waals surface area contributed by atoms with Crippen LogP contribution < -0.4 is 0 Å². The summed E-state index contributed by atoms with van der Waals surface area (Å²) >= 11 is 0. The first kappa shape index (κ1) is 13.3. The average Bonchev–Trinajstić information content (AvgIpc) is 3.09. The molecule has 5 heteroatoms. The molecule has 2 heterocycles. The van der Waals surface area contributed by atoms with Gasteiger partial charge in [-0.15, -0.1) is 0 Å². The Kier molecular flexibility index (Phi) is 4.05. The summed E-state index contributed by atoms with van der Waals surface area (Å²) in [5.41, 5.74) is 0. The van der Waals surface area contributed by atoms with Gasteiger partial charge in [0, 0.05) is 25.7 Å². The van der Waals surface area contributed by atoms with E-state index in [2.05, 4.69) is 4.90 Å². The second-order valence-electron chi connectivity index (χ2n) is 5.99. The lowest BCUT2D eigenvalue weighted by Gasteiger charge is -2.40. The molecule has 2 saturated heterocycles. The zero-order valence-electron chi connectivity index (χ0n) is 11.5. The molecule has 3 fully saturated rings. The zero-order valence-corrected chi connectivity index (χ0v) is 11.5. The van der Waals surface area contributed by atoms with Crippen molar-refractivity contribution in [3.63, 3.8) is 0 Å². The van der Waals surface area contributed by atoms with Crippen molar-refractivity contribution in [3.05, 3.63) is 0 Å². The van der Waals surface area contributed by atoms with Crippen LogP contribution in [0, 0.1) is 0 Å². The smallest absolute Gasteiger partial charge is 0.242 e. The molecule has 0 bridgehead atoms. The monoisotopic (exact) mass is 268 g/mol. The Morgan fingerprint density at radius 1 is 1.16 bits per heavy atom. The number of rotatable bonds is 2. The van der Waals surface area contributed by atoms with Crippen LogP contribution in [0.2, 0.25) is 0 Å². The van der Waals surface area contributed by atoms with E-state index in [0.717, 1.165) is 13.2 Å². The van der Waals surface area contributed by atoms with Gasteiger partial charge in [-0.25, -0.2) is 0 Å². The standard InChI is InChI=1S/C14H24N2O3/c17-12-5-6-15(9-12)14(18)13-10-19-8-7-16(13)11-3-1-2-4-11/h11-13,17H,1-10H2/t12-,13-/m0/s1. The van der Waals surface area contributed by atoms with E-state index in [0.29, 0.717) is 32.2 Å². The summed E-state index contributed by atoms with van der Waals surface area (Å²) in [4.78, 5) is 16.8. The summed E-state index contributed by atoms with van der Waals surface area (Å²) in [5, 5.41) is 9.59. The second-order valence-corrected chi connectivity index (χ2v) is 5.99. The highest BCUT2D eigenvalue weighted by molar-refractivity contribution is 5.82. The Hall–Kier alpha value is -0.650. The van der Waals surface area contributed by atoms with Crippen LogP contribution >= 0.6 is 0 Å². The zero-order chi connectivity index (χ0) is 13.2. The highest BCUT2D eigenvalue weighted by Crippen LogP contribution is 2.27. The minimum absolute atomic E-state index is 0.123. The van der Waals surface area contributed by atoms with Gasteiger partial charge in [-0.05, 0) is 19.3 Å². The highest BCUT2D eigenvalue weighted by atomic mass is 16.5. The van der Waals surface area contributed by atoms with Crippen LogP contribution in [0.5, 0.6) is 0 Å². The number of carbonyl (C=O) groups excluding carboxylic acids is 1. The normalized spacial score (nSPS) is 34.1. The van der Waals surface area contributed by atoms with E-state index in [1.165, 1.54) is 25.7 Å². The van der Waals surface area contributed by atoms with Gasteiger partial charge in [0.25, 0.3) is 0 Å². The Labute approximate surface area is 114 Å². The number of aliphatic hydroxyl groups is 1. The molecule has 19 heavy (non-hydrogen) atoms. The van der Waals surface area contributed by atoms with Gasteiger partial charge in [-0.3, -0.25) is 9.69 Å². The van der Waals surface area contributed by atoms with Crippen molar-refractivity contribution in [3.8, 4) is 0 Å². The lowest BCUT2D eigenvalue weighted by molar-refractivity contribution is -0.144. The number of amides is 1. The average molecular weight is 268 g/mol. The fourth-order valence-corrected chi connectivity index (χ4v) is 3.66. The fourth-order valence-electron chi connectivity index (χ4n) is 3.66. The second kappa shape index (κ2) is 5.77. The molecular weight excluding hydrogens is 244 g/mol. The summed E-state index contributed by atoms with van der Waals surface area (Å²) in [6, 6.07) is 0.438. The van der Waals surface area contributed by atoms with E-state index in [4.69, 9.17) is 4.74 Å². The molecule has 0 unspecified atom stereocenters. The van der Waals surface area contributed by atoms with Gasteiger partial charge < -0.3 is 14.7 Å². The van der Waals surface area contributed by atoms with Gasteiger partial charge in [0.15, 0.2) is 0 Å². The molecule has 0 radical (unpaired) electrons. The van der Waals surface area contributed by atoms with Gasteiger partial charge in [-0.2, -0.15) is 0 Å². The molecule has 108 valence electrons. The van der Waals surface area contributed by atoms with Gasteiger partial charge in [0.2, 0.25) is 5.91 Å². The number of aliphatic hydroxyl groups excluding tert-OH is 1. The van der Waals surface area contributed by atoms with Crippen LogP contribution in [0.1, 0.15) is 32.1 Å². The molecular formula is C14H24N2O3. The number of hydrogen-bond donors (Lipinski definition) is 1. The minimum Gasteiger partial charge on any atom is -0.391 e. The van der Waals surface area contributed by atoms with Crippen LogP contribution in [0.3, 0.4) is 0 Å². The molecule has 1 aliphatic carbocycles. The molecule has 3 rings (SSSR count). The minimum atomic E-state index is -0.339. The molecule has 0 aromatic carbocycles. The molecule has 1 N–H and O–H groups in total. The number of nitrogens with zero attached hydrogens (tertiary/aromatic N) is 2. The number of hydrogen-bond acceptors (Lipinski definition) is 4. The Bertz CT molecular complexity index is 331. The maximum atomic E-state index is 12.6. The van der Waals surface area contributed by atoms with Crippen molar-refractivity contribution < 1.29 is 14.6 Å². The van der Waals surface area contributed by atoms with E-state index in [-0.39, 0.29) is 18.1 Å². The predicted molar refractivity (Wildman–Crippen MR) is 70.8 cm³/mol. The fraction of sp³-hybridized carbons (Fsp3) is 0.929. The topological polar surface area (TPSA) is 53.0 Å².